The minimum absolute atomic E-state index is 0.271. The van der Waals surface area contributed by atoms with Gasteiger partial charge in [-0.1, -0.05) is 0 Å². The lowest BCUT2D eigenvalue weighted by molar-refractivity contribution is 0.0224. The molecule has 0 spiro atoms. The average Bonchev–Trinajstić information content (AvgIpc) is 3.01. The third kappa shape index (κ3) is 5.50. The van der Waals surface area contributed by atoms with Crippen LogP contribution in [0, 0.1) is 0 Å². The highest BCUT2D eigenvalue weighted by Crippen LogP contribution is 2.25. The van der Waals surface area contributed by atoms with Crippen LogP contribution in [0.15, 0.2) is 24.3 Å². The van der Waals surface area contributed by atoms with Crippen LogP contribution in [0.4, 0.5) is 16.3 Å². The number of nitrogens with zero attached hydrogens (tertiary/aromatic N) is 2. The first kappa shape index (κ1) is 21.6. The molecule has 0 bridgehead atoms. The molecule has 1 aliphatic rings. The molecule has 1 aliphatic heterocycles. The van der Waals surface area contributed by atoms with Crippen LogP contribution >= 0.6 is 0 Å². The van der Waals surface area contributed by atoms with E-state index in [0.29, 0.717) is 30.0 Å². The molecule has 1 aromatic carbocycles. The topological polar surface area (TPSA) is 133 Å². The molecular weight excluding hydrogens is 410 g/mol. The molecule has 0 saturated heterocycles. The van der Waals surface area contributed by atoms with Crippen molar-refractivity contribution < 1.29 is 22.7 Å². The molecule has 0 atom stereocenters. The number of carbonyl (C=O) groups is 2. The van der Waals surface area contributed by atoms with Crippen LogP contribution in [0.25, 0.3) is 0 Å². The predicted octanol–water partition coefficient (Wildman–Crippen LogP) is 2.33. The van der Waals surface area contributed by atoms with E-state index >= 15 is 0 Å². The molecule has 10 nitrogen and oxygen atoms in total. The number of carbonyl (C=O) groups excluding carboxylic acids is 2. The number of amides is 2. The minimum atomic E-state index is -3.39. The van der Waals surface area contributed by atoms with Crippen LogP contribution in [0.1, 0.15) is 42.4 Å². The molecule has 162 valence electrons. The third-order valence-electron chi connectivity index (χ3n) is 4.27. The Balaban J connectivity index is 1.70. The van der Waals surface area contributed by atoms with E-state index in [1.165, 1.54) is 24.3 Å². The maximum atomic E-state index is 12.6. The van der Waals surface area contributed by atoms with Gasteiger partial charge in [-0.25, -0.2) is 13.2 Å². The number of aromatic nitrogens is 2. The molecule has 0 saturated carbocycles. The molecule has 3 N–H and O–H groups in total. The van der Waals surface area contributed by atoms with Crippen LogP contribution in [-0.2, 0) is 27.7 Å². The first-order valence-corrected chi connectivity index (χ1v) is 11.2. The minimum Gasteiger partial charge on any atom is -0.444 e. The number of sulfonamides is 1. The molecule has 0 unspecified atom stereocenters. The summed E-state index contributed by atoms with van der Waals surface area (Å²) < 4.78 is 30.3. The monoisotopic (exact) mass is 435 g/mol. The molecule has 30 heavy (non-hydrogen) atoms. The van der Waals surface area contributed by atoms with Crippen molar-refractivity contribution in [3.8, 4) is 0 Å². The Morgan fingerprint density at radius 3 is 2.47 bits per heavy atom. The molecule has 2 amide bonds. The Hall–Kier alpha value is -3.08. The van der Waals surface area contributed by atoms with Crippen LogP contribution in [0.5, 0.6) is 0 Å². The number of nitrogens with one attached hydrogen (secondary N) is 3. The van der Waals surface area contributed by atoms with Gasteiger partial charge in [-0.05, 0) is 45.0 Å². The summed E-state index contributed by atoms with van der Waals surface area (Å²) in [5, 5.41) is 9.82. The summed E-state index contributed by atoms with van der Waals surface area (Å²) in [7, 11) is -3.39. The lowest BCUT2D eigenvalue weighted by Crippen LogP contribution is -2.40. The summed E-state index contributed by atoms with van der Waals surface area (Å²) in [5.74, 6) is -0.0498. The SMILES string of the molecule is CC(C)(C)OC(=O)N1CCc2[nH]nc(NC(=O)c3ccc(NS(C)(=O)=O)cc3)c2C1. The highest BCUT2D eigenvalue weighted by molar-refractivity contribution is 7.92. The Morgan fingerprint density at radius 1 is 1.20 bits per heavy atom. The fourth-order valence-corrected chi connectivity index (χ4v) is 3.53. The Labute approximate surface area is 175 Å². The number of fused-ring (bicyclic) bond motifs is 1. The number of hydrogen-bond donors (Lipinski definition) is 3. The molecule has 0 fully saturated rings. The van der Waals surface area contributed by atoms with Gasteiger partial charge in [0.05, 0.1) is 12.8 Å². The van der Waals surface area contributed by atoms with Gasteiger partial charge in [0.15, 0.2) is 5.82 Å². The van der Waals surface area contributed by atoms with Crippen molar-refractivity contribution in [1.82, 2.24) is 15.1 Å². The molecular formula is C19H25N5O5S. The largest absolute Gasteiger partial charge is 0.444 e. The zero-order valence-corrected chi connectivity index (χ0v) is 18.1. The van der Waals surface area contributed by atoms with Crippen molar-refractivity contribution in [2.45, 2.75) is 39.3 Å². The van der Waals surface area contributed by atoms with E-state index in [1.807, 2.05) is 0 Å². The van der Waals surface area contributed by atoms with E-state index in [4.69, 9.17) is 4.74 Å². The number of anilines is 2. The number of aromatic amines is 1. The quantitative estimate of drug-likeness (QED) is 0.675. The fourth-order valence-electron chi connectivity index (χ4n) is 2.96. The van der Waals surface area contributed by atoms with E-state index < -0.39 is 27.6 Å². The van der Waals surface area contributed by atoms with Gasteiger partial charge in [0.1, 0.15) is 5.60 Å². The van der Waals surface area contributed by atoms with E-state index in [9.17, 15) is 18.0 Å². The van der Waals surface area contributed by atoms with E-state index in [1.54, 1.807) is 25.7 Å². The predicted molar refractivity (Wildman–Crippen MR) is 112 cm³/mol. The smallest absolute Gasteiger partial charge is 0.410 e. The van der Waals surface area contributed by atoms with Gasteiger partial charge in [-0.15, -0.1) is 0 Å². The number of hydrogen-bond acceptors (Lipinski definition) is 6. The van der Waals surface area contributed by atoms with Crippen molar-refractivity contribution in [3.63, 3.8) is 0 Å². The van der Waals surface area contributed by atoms with Gasteiger partial charge in [-0.2, -0.15) is 5.10 Å². The van der Waals surface area contributed by atoms with Crippen molar-refractivity contribution >= 4 is 33.5 Å². The highest BCUT2D eigenvalue weighted by atomic mass is 32.2. The molecule has 0 aliphatic carbocycles. The standard InChI is InChI=1S/C19H25N5O5S/c1-19(2,3)29-18(26)24-10-9-15-14(11-24)16(22-21-15)20-17(25)12-5-7-13(8-6-12)23-30(4,27)28/h5-8,23H,9-11H2,1-4H3,(H2,20,21,22,25). The van der Waals surface area contributed by atoms with Crippen LogP contribution in [-0.4, -0.2) is 53.9 Å². The number of rotatable bonds is 4. The fraction of sp³-hybridized carbons (Fsp3) is 0.421. The maximum absolute atomic E-state index is 12.6. The van der Waals surface area contributed by atoms with E-state index in [2.05, 4.69) is 20.2 Å². The number of ether oxygens (including phenoxy) is 1. The molecule has 3 rings (SSSR count). The Kier molecular flexibility index (Phi) is 5.75. The summed E-state index contributed by atoms with van der Waals surface area (Å²) in [6.07, 6.45) is 1.21. The molecule has 11 heteroatoms. The van der Waals surface area contributed by atoms with Crippen molar-refractivity contribution in [2.75, 3.05) is 22.8 Å². The maximum Gasteiger partial charge on any atom is 0.410 e. The zero-order valence-electron chi connectivity index (χ0n) is 17.3. The first-order chi connectivity index (χ1) is 13.9. The Morgan fingerprint density at radius 2 is 1.87 bits per heavy atom. The number of benzene rings is 1. The first-order valence-electron chi connectivity index (χ1n) is 9.34. The second-order valence-corrected chi connectivity index (χ2v) is 9.84. The van der Waals surface area contributed by atoms with Gasteiger partial charge in [0.2, 0.25) is 10.0 Å². The van der Waals surface area contributed by atoms with Crippen LogP contribution < -0.4 is 10.0 Å². The van der Waals surface area contributed by atoms with Crippen molar-refractivity contribution in [3.05, 3.63) is 41.1 Å². The third-order valence-corrected chi connectivity index (χ3v) is 4.87. The lowest BCUT2D eigenvalue weighted by atomic mass is 10.1. The zero-order chi connectivity index (χ0) is 22.1. The lowest BCUT2D eigenvalue weighted by Gasteiger charge is -2.30. The van der Waals surface area contributed by atoms with Gasteiger partial charge >= 0.3 is 6.09 Å². The molecule has 0 radical (unpaired) electrons. The summed E-state index contributed by atoms with van der Waals surface area (Å²) in [5.41, 5.74) is 1.70. The Bertz CT molecular complexity index is 1050. The van der Waals surface area contributed by atoms with Gasteiger partial charge in [0, 0.05) is 35.5 Å². The second kappa shape index (κ2) is 7.98. The summed E-state index contributed by atoms with van der Waals surface area (Å²) in [6, 6.07) is 6.02. The molecule has 1 aromatic heterocycles. The summed E-state index contributed by atoms with van der Waals surface area (Å²) >= 11 is 0. The van der Waals surface area contributed by atoms with E-state index in [0.717, 1.165) is 17.5 Å². The van der Waals surface area contributed by atoms with Crippen LogP contribution in [0.3, 0.4) is 0 Å². The second-order valence-electron chi connectivity index (χ2n) is 8.09. The normalized spacial score (nSPS) is 14.1. The summed E-state index contributed by atoms with van der Waals surface area (Å²) in [6.45, 7) is 6.18. The summed E-state index contributed by atoms with van der Waals surface area (Å²) in [4.78, 5) is 26.5. The average molecular weight is 436 g/mol. The van der Waals surface area contributed by atoms with Crippen LogP contribution in [0.2, 0.25) is 0 Å². The van der Waals surface area contributed by atoms with Crippen molar-refractivity contribution in [2.24, 2.45) is 0 Å². The molecule has 2 aromatic rings. The van der Waals surface area contributed by atoms with Gasteiger partial charge in [-0.3, -0.25) is 14.6 Å². The van der Waals surface area contributed by atoms with Crippen molar-refractivity contribution in [1.29, 1.82) is 0 Å². The number of H-pyrrole nitrogens is 1. The highest BCUT2D eigenvalue weighted by Gasteiger charge is 2.29. The van der Waals surface area contributed by atoms with E-state index in [-0.39, 0.29) is 6.54 Å². The van der Waals surface area contributed by atoms with Gasteiger partial charge < -0.3 is 15.0 Å². The van der Waals surface area contributed by atoms with Gasteiger partial charge in [0.25, 0.3) is 5.91 Å². The molecule has 2 heterocycles.